The average Bonchev–Trinajstić information content (AvgIpc) is 3.06. The molecule has 0 atom stereocenters. The van der Waals surface area contributed by atoms with Crippen LogP contribution in [0.4, 0.5) is 5.69 Å². The maximum Gasteiger partial charge on any atom is 0.340 e. The van der Waals surface area contributed by atoms with E-state index >= 15 is 0 Å². The van der Waals surface area contributed by atoms with Gasteiger partial charge in [0.25, 0.3) is 5.91 Å². The van der Waals surface area contributed by atoms with Crippen molar-refractivity contribution in [1.29, 1.82) is 0 Å². The second-order valence-electron chi connectivity index (χ2n) is 4.31. The van der Waals surface area contributed by atoms with E-state index in [1.165, 1.54) is 6.26 Å². The quantitative estimate of drug-likeness (QED) is 0.628. The lowest BCUT2D eigenvalue weighted by molar-refractivity contribution is 0.0336. The number of para-hydroxylation sites is 1. The molecule has 0 aliphatic rings. The number of hydrogen-bond acceptors (Lipinski definition) is 5. The van der Waals surface area contributed by atoms with Gasteiger partial charge in [-0.25, -0.2) is 4.79 Å². The lowest BCUT2D eigenvalue weighted by Gasteiger charge is -2.10. The van der Waals surface area contributed by atoms with Crippen LogP contribution in [0.5, 0.6) is 0 Å². The summed E-state index contributed by atoms with van der Waals surface area (Å²) in [4.78, 5) is 24.0. The number of carbonyl (C=O) groups excluding carboxylic acids is 2. The zero-order valence-electron chi connectivity index (χ0n) is 12.2. The van der Waals surface area contributed by atoms with Crippen molar-refractivity contribution in [3.8, 4) is 0 Å². The normalized spacial score (nSPS) is 10.2. The van der Waals surface area contributed by atoms with Crippen LogP contribution in [-0.4, -0.2) is 31.7 Å². The molecule has 6 nitrogen and oxygen atoms in total. The number of nitrogens with one attached hydrogen (secondary N) is 1. The number of ether oxygens (including phenoxy) is 2. The van der Waals surface area contributed by atoms with E-state index in [2.05, 4.69) is 5.32 Å². The van der Waals surface area contributed by atoms with Gasteiger partial charge in [-0.2, -0.15) is 0 Å². The van der Waals surface area contributed by atoms with Crippen molar-refractivity contribution in [3.05, 3.63) is 54.0 Å². The second-order valence-corrected chi connectivity index (χ2v) is 4.31. The predicted octanol–water partition coefficient (Wildman–Crippen LogP) is 2.73. The lowest BCUT2D eigenvalue weighted by Crippen LogP contribution is -2.16. The molecule has 0 saturated heterocycles. The maximum atomic E-state index is 12.0. The molecule has 0 spiro atoms. The van der Waals surface area contributed by atoms with Crippen LogP contribution in [0.2, 0.25) is 0 Å². The number of furan rings is 1. The van der Waals surface area contributed by atoms with E-state index in [1.807, 2.05) is 6.92 Å². The summed E-state index contributed by atoms with van der Waals surface area (Å²) in [6.45, 7) is 2.92. The molecule has 2 aromatic rings. The summed E-state index contributed by atoms with van der Waals surface area (Å²) >= 11 is 0. The van der Waals surface area contributed by atoms with Gasteiger partial charge >= 0.3 is 5.97 Å². The van der Waals surface area contributed by atoms with Crippen LogP contribution < -0.4 is 5.32 Å². The highest BCUT2D eigenvalue weighted by molar-refractivity contribution is 6.06. The standard InChI is InChI=1S/C16H17NO5/c1-2-20-10-11-22-16(19)12-6-3-4-7-13(12)17-15(18)14-8-5-9-21-14/h3-9H,2,10-11H2,1H3,(H,17,18). The van der Waals surface area contributed by atoms with Crippen LogP contribution in [-0.2, 0) is 9.47 Å². The minimum atomic E-state index is -0.518. The summed E-state index contributed by atoms with van der Waals surface area (Å²) in [5.74, 6) is -0.783. The van der Waals surface area contributed by atoms with Gasteiger partial charge in [0.2, 0.25) is 0 Å². The van der Waals surface area contributed by atoms with Crippen LogP contribution in [0.1, 0.15) is 27.8 Å². The molecular weight excluding hydrogens is 286 g/mol. The average molecular weight is 303 g/mol. The lowest BCUT2D eigenvalue weighted by atomic mass is 10.1. The number of esters is 1. The van der Waals surface area contributed by atoms with E-state index < -0.39 is 11.9 Å². The molecule has 0 aliphatic carbocycles. The fourth-order valence-electron chi connectivity index (χ4n) is 1.78. The number of hydrogen-bond donors (Lipinski definition) is 1. The van der Waals surface area contributed by atoms with E-state index in [1.54, 1.807) is 36.4 Å². The van der Waals surface area contributed by atoms with Crippen LogP contribution in [0, 0.1) is 0 Å². The molecule has 116 valence electrons. The van der Waals surface area contributed by atoms with Gasteiger partial charge in [0.1, 0.15) is 6.61 Å². The van der Waals surface area contributed by atoms with Crippen molar-refractivity contribution >= 4 is 17.6 Å². The SMILES string of the molecule is CCOCCOC(=O)c1ccccc1NC(=O)c1ccco1. The summed E-state index contributed by atoms with van der Waals surface area (Å²) < 4.78 is 15.2. The molecule has 0 saturated carbocycles. The highest BCUT2D eigenvalue weighted by Crippen LogP contribution is 2.17. The van der Waals surface area contributed by atoms with Crippen LogP contribution in [0.15, 0.2) is 47.1 Å². The van der Waals surface area contributed by atoms with Crippen molar-refractivity contribution in [3.63, 3.8) is 0 Å². The molecule has 22 heavy (non-hydrogen) atoms. The molecule has 0 bridgehead atoms. The smallest absolute Gasteiger partial charge is 0.340 e. The van der Waals surface area contributed by atoms with Gasteiger partial charge in [-0.05, 0) is 31.2 Å². The summed E-state index contributed by atoms with van der Waals surface area (Å²) in [6.07, 6.45) is 1.41. The summed E-state index contributed by atoms with van der Waals surface area (Å²) in [7, 11) is 0. The third-order valence-electron chi connectivity index (χ3n) is 2.81. The second kappa shape index (κ2) is 7.99. The predicted molar refractivity (Wildman–Crippen MR) is 79.9 cm³/mol. The fraction of sp³-hybridized carbons (Fsp3) is 0.250. The number of amides is 1. The highest BCUT2D eigenvalue weighted by Gasteiger charge is 2.16. The van der Waals surface area contributed by atoms with Crippen LogP contribution in [0.3, 0.4) is 0 Å². The van der Waals surface area contributed by atoms with E-state index in [0.717, 1.165) is 0 Å². The Morgan fingerprint density at radius 2 is 1.95 bits per heavy atom. The minimum Gasteiger partial charge on any atom is -0.460 e. The van der Waals surface area contributed by atoms with Crippen molar-refractivity contribution < 1.29 is 23.5 Å². The number of rotatable bonds is 7. The molecule has 1 N–H and O–H groups in total. The number of benzene rings is 1. The van der Waals surface area contributed by atoms with Crippen LogP contribution in [0.25, 0.3) is 0 Å². The molecule has 0 radical (unpaired) electrons. The molecule has 1 aromatic heterocycles. The highest BCUT2D eigenvalue weighted by atomic mass is 16.6. The maximum absolute atomic E-state index is 12.0. The first-order valence-corrected chi connectivity index (χ1v) is 6.91. The van der Waals surface area contributed by atoms with Gasteiger partial charge in [0.15, 0.2) is 5.76 Å². The van der Waals surface area contributed by atoms with Crippen LogP contribution >= 0.6 is 0 Å². The molecule has 1 heterocycles. The first-order chi connectivity index (χ1) is 10.7. The monoisotopic (exact) mass is 303 g/mol. The Balaban J connectivity index is 2.03. The molecule has 1 amide bonds. The van der Waals surface area contributed by atoms with Crippen molar-refractivity contribution in [2.75, 3.05) is 25.1 Å². The van der Waals surface area contributed by atoms with Gasteiger partial charge in [-0.3, -0.25) is 4.79 Å². The van der Waals surface area contributed by atoms with E-state index in [9.17, 15) is 9.59 Å². The Morgan fingerprint density at radius 3 is 2.68 bits per heavy atom. The number of carbonyl (C=O) groups is 2. The Kier molecular flexibility index (Phi) is 5.73. The largest absolute Gasteiger partial charge is 0.460 e. The third kappa shape index (κ3) is 4.20. The Labute approximate surface area is 128 Å². The van der Waals surface area contributed by atoms with E-state index in [4.69, 9.17) is 13.9 Å². The molecule has 6 heteroatoms. The molecular formula is C16H17NO5. The van der Waals surface area contributed by atoms with Crippen molar-refractivity contribution in [2.24, 2.45) is 0 Å². The Morgan fingerprint density at radius 1 is 1.14 bits per heavy atom. The van der Waals surface area contributed by atoms with Gasteiger partial charge < -0.3 is 19.2 Å². The topological polar surface area (TPSA) is 77.8 Å². The molecule has 2 rings (SSSR count). The van der Waals surface area contributed by atoms with Gasteiger partial charge in [0, 0.05) is 6.61 Å². The summed E-state index contributed by atoms with van der Waals surface area (Å²) in [5.41, 5.74) is 0.643. The number of anilines is 1. The van der Waals surface area contributed by atoms with Crippen molar-refractivity contribution in [1.82, 2.24) is 0 Å². The Hall–Kier alpha value is -2.60. The first-order valence-electron chi connectivity index (χ1n) is 6.91. The summed E-state index contributed by atoms with van der Waals surface area (Å²) in [6, 6.07) is 9.78. The zero-order valence-corrected chi connectivity index (χ0v) is 12.2. The van der Waals surface area contributed by atoms with E-state index in [-0.39, 0.29) is 17.9 Å². The van der Waals surface area contributed by atoms with Crippen molar-refractivity contribution in [2.45, 2.75) is 6.92 Å². The van der Waals surface area contributed by atoms with E-state index in [0.29, 0.717) is 18.9 Å². The Bertz CT molecular complexity index is 621. The van der Waals surface area contributed by atoms with Gasteiger partial charge in [-0.15, -0.1) is 0 Å². The first kappa shape index (κ1) is 15.8. The molecule has 1 aromatic carbocycles. The van der Waals surface area contributed by atoms with Gasteiger partial charge in [-0.1, -0.05) is 12.1 Å². The summed E-state index contributed by atoms with van der Waals surface area (Å²) in [5, 5.41) is 2.63. The zero-order chi connectivity index (χ0) is 15.8. The molecule has 0 fully saturated rings. The minimum absolute atomic E-state index is 0.160. The van der Waals surface area contributed by atoms with Gasteiger partial charge in [0.05, 0.1) is 24.1 Å². The fourth-order valence-corrected chi connectivity index (χ4v) is 1.78. The third-order valence-corrected chi connectivity index (χ3v) is 2.81. The molecule has 0 aliphatic heterocycles. The molecule has 0 unspecified atom stereocenters.